The highest BCUT2D eigenvalue weighted by Crippen LogP contribution is 2.24. The van der Waals surface area contributed by atoms with Crippen LogP contribution in [-0.4, -0.2) is 31.8 Å². The van der Waals surface area contributed by atoms with E-state index in [2.05, 4.69) is 31.0 Å². The van der Waals surface area contributed by atoms with E-state index in [1.165, 1.54) is 11.8 Å². The molecule has 130 valence electrons. The minimum absolute atomic E-state index is 0.264. The molecule has 0 aliphatic rings. The molecule has 1 aromatic carbocycles. The zero-order chi connectivity index (χ0) is 18.0. The van der Waals surface area contributed by atoms with Crippen molar-refractivity contribution in [2.75, 3.05) is 6.26 Å². The predicted octanol–water partition coefficient (Wildman–Crippen LogP) is 3.76. The van der Waals surface area contributed by atoms with E-state index in [0.29, 0.717) is 23.1 Å². The first-order chi connectivity index (χ1) is 12.0. The van der Waals surface area contributed by atoms with Gasteiger partial charge in [0.05, 0.1) is 10.9 Å². The summed E-state index contributed by atoms with van der Waals surface area (Å²) in [7, 11) is 0. The summed E-state index contributed by atoms with van der Waals surface area (Å²) >= 11 is 4.85. The molecule has 0 aliphatic heterocycles. The summed E-state index contributed by atoms with van der Waals surface area (Å²) in [6.45, 7) is 3.89. The fraction of sp³-hybridized carbons (Fsp3) is 0.294. The van der Waals surface area contributed by atoms with Gasteiger partial charge < -0.3 is 4.74 Å². The largest absolute Gasteiger partial charge is 0.425 e. The molecule has 0 atom stereocenters. The van der Waals surface area contributed by atoms with Crippen LogP contribution in [-0.2, 0) is 11.2 Å². The number of aryl methyl sites for hydroxylation is 2. The van der Waals surface area contributed by atoms with Gasteiger partial charge in [-0.2, -0.15) is 4.98 Å². The van der Waals surface area contributed by atoms with E-state index in [1.807, 2.05) is 38.3 Å². The van der Waals surface area contributed by atoms with E-state index < -0.39 is 0 Å². The number of halogens is 1. The zero-order valence-electron chi connectivity index (χ0n) is 14.1. The average molecular weight is 421 g/mol. The first kappa shape index (κ1) is 17.9. The van der Waals surface area contributed by atoms with Crippen LogP contribution in [0.15, 0.2) is 33.9 Å². The van der Waals surface area contributed by atoms with Gasteiger partial charge in [-0.15, -0.1) is 5.10 Å². The molecule has 0 fully saturated rings. The molecule has 0 aliphatic carbocycles. The van der Waals surface area contributed by atoms with Crippen LogP contribution in [0, 0.1) is 13.8 Å². The number of hydrogen-bond donors (Lipinski definition) is 0. The smallest absolute Gasteiger partial charge is 0.311 e. The highest BCUT2D eigenvalue weighted by atomic mass is 79.9. The van der Waals surface area contributed by atoms with Gasteiger partial charge >= 0.3 is 5.97 Å². The Hall–Kier alpha value is -1.93. The lowest BCUT2D eigenvalue weighted by Crippen LogP contribution is -2.12. The zero-order valence-corrected chi connectivity index (χ0v) is 16.5. The monoisotopic (exact) mass is 420 g/mol. The van der Waals surface area contributed by atoms with Crippen molar-refractivity contribution >= 4 is 39.4 Å². The van der Waals surface area contributed by atoms with Gasteiger partial charge in [-0.05, 0) is 60.2 Å². The number of carbonyl (C=O) groups excluding carboxylic acids is 1. The number of hydrogen-bond acceptors (Lipinski definition) is 6. The molecule has 0 amide bonds. The van der Waals surface area contributed by atoms with Crippen molar-refractivity contribution in [2.45, 2.75) is 31.8 Å². The molecule has 0 bridgehead atoms. The molecule has 0 saturated carbocycles. The van der Waals surface area contributed by atoms with Crippen LogP contribution >= 0.6 is 27.7 Å². The summed E-state index contributed by atoms with van der Waals surface area (Å²) in [6.07, 6.45) is 2.73. The second-order valence-electron chi connectivity index (χ2n) is 5.48. The lowest BCUT2D eigenvalue weighted by Gasteiger charge is -2.10. The fourth-order valence-electron chi connectivity index (χ4n) is 2.57. The number of rotatable bonds is 5. The molecule has 2 heterocycles. The van der Waals surface area contributed by atoms with E-state index in [9.17, 15) is 4.79 Å². The van der Waals surface area contributed by atoms with Crippen molar-refractivity contribution in [3.05, 3.63) is 45.7 Å². The summed E-state index contributed by atoms with van der Waals surface area (Å²) < 4.78 is 7.90. The Balaban J connectivity index is 1.76. The summed E-state index contributed by atoms with van der Waals surface area (Å²) in [5.41, 5.74) is 2.80. The molecule has 0 radical (unpaired) electrons. The van der Waals surface area contributed by atoms with Gasteiger partial charge in [0.25, 0.3) is 5.78 Å². The number of benzene rings is 1. The highest BCUT2D eigenvalue weighted by molar-refractivity contribution is 9.10. The minimum atomic E-state index is -0.283. The summed E-state index contributed by atoms with van der Waals surface area (Å²) in [5.74, 6) is 0.823. The quantitative estimate of drug-likeness (QED) is 0.355. The molecule has 2 aromatic heterocycles. The van der Waals surface area contributed by atoms with Crippen molar-refractivity contribution < 1.29 is 9.53 Å². The van der Waals surface area contributed by atoms with Crippen LogP contribution in [0.25, 0.3) is 5.78 Å². The van der Waals surface area contributed by atoms with Gasteiger partial charge in [0.15, 0.2) is 0 Å². The van der Waals surface area contributed by atoms with Crippen molar-refractivity contribution in [3.63, 3.8) is 0 Å². The van der Waals surface area contributed by atoms with Crippen molar-refractivity contribution in [1.29, 1.82) is 0 Å². The number of carbonyl (C=O) groups is 1. The number of ether oxygens (including phenoxy) is 1. The maximum Gasteiger partial charge on any atom is 0.311 e. The molecular formula is C17H17BrN4O2S. The Morgan fingerprint density at radius 1 is 1.28 bits per heavy atom. The maximum absolute atomic E-state index is 12.2. The van der Waals surface area contributed by atoms with E-state index in [1.54, 1.807) is 10.6 Å². The highest BCUT2D eigenvalue weighted by Gasteiger charge is 2.15. The van der Waals surface area contributed by atoms with E-state index in [4.69, 9.17) is 4.74 Å². The molecule has 0 spiro atoms. The van der Waals surface area contributed by atoms with Crippen LogP contribution in [0.1, 0.15) is 23.4 Å². The number of aromatic nitrogens is 4. The summed E-state index contributed by atoms with van der Waals surface area (Å²) in [5, 5.41) is 5.10. The van der Waals surface area contributed by atoms with Crippen molar-refractivity contribution in [1.82, 2.24) is 19.6 Å². The number of fused-ring (bicyclic) bond motifs is 1. The van der Waals surface area contributed by atoms with Crippen molar-refractivity contribution in [3.8, 4) is 5.75 Å². The van der Waals surface area contributed by atoms with Gasteiger partial charge in [0.2, 0.25) is 5.16 Å². The van der Waals surface area contributed by atoms with Crippen LogP contribution in [0.4, 0.5) is 0 Å². The molecule has 0 saturated heterocycles. The second kappa shape index (κ2) is 7.53. The average Bonchev–Trinajstić information content (AvgIpc) is 3.00. The number of esters is 1. The minimum Gasteiger partial charge on any atom is -0.425 e. The Labute approximate surface area is 158 Å². The van der Waals surface area contributed by atoms with Gasteiger partial charge in [-0.3, -0.25) is 4.79 Å². The van der Waals surface area contributed by atoms with E-state index in [0.717, 1.165) is 21.4 Å². The molecule has 3 rings (SSSR count). The van der Waals surface area contributed by atoms with Crippen LogP contribution in [0.3, 0.4) is 0 Å². The Kier molecular flexibility index (Phi) is 5.39. The topological polar surface area (TPSA) is 69.4 Å². The third-order valence-corrected chi connectivity index (χ3v) is 5.04. The Morgan fingerprint density at radius 3 is 2.76 bits per heavy atom. The number of thioether (sulfide) groups is 1. The molecule has 25 heavy (non-hydrogen) atoms. The molecule has 0 unspecified atom stereocenters. The molecule has 3 aromatic rings. The SMILES string of the molecule is CSc1nc2nc(C)c(CCC(=O)Oc3ccccc3Br)c(C)n2n1. The summed E-state index contributed by atoms with van der Waals surface area (Å²) in [4.78, 5) is 21.0. The Bertz CT molecular complexity index is 942. The third kappa shape index (κ3) is 3.85. The van der Waals surface area contributed by atoms with E-state index >= 15 is 0 Å². The first-order valence-electron chi connectivity index (χ1n) is 7.71. The van der Waals surface area contributed by atoms with Crippen molar-refractivity contribution in [2.24, 2.45) is 0 Å². The third-order valence-electron chi connectivity index (χ3n) is 3.85. The first-order valence-corrected chi connectivity index (χ1v) is 9.73. The fourth-order valence-corrected chi connectivity index (χ4v) is 3.27. The van der Waals surface area contributed by atoms with Crippen LogP contribution in [0.5, 0.6) is 5.75 Å². The molecular weight excluding hydrogens is 404 g/mol. The predicted molar refractivity (Wildman–Crippen MR) is 100 cm³/mol. The molecule has 8 heteroatoms. The van der Waals surface area contributed by atoms with Gasteiger partial charge in [-0.25, -0.2) is 9.50 Å². The normalized spacial score (nSPS) is 11.0. The lowest BCUT2D eigenvalue weighted by atomic mass is 10.1. The van der Waals surface area contributed by atoms with Gasteiger partial charge in [-0.1, -0.05) is 23.9 Å². The molecule has 6 nitrogen and oxygen atoms in total. The van der Waals surface area contributed by atoms with E-state index in [-0.39, 0.29) is 12.4 Å². The Morgan fingerprint density at radius 2 is 2.04 bits per heavy atom. The lowest BCUT2D eigenvalue weighted by molar-refractivity contribution is -0.134. The maximum atomic E-state index is 12.2. The molecule has 0 N–H and O–H groups in total. The number of nitrogens with zero attached hydrogens (tertiary/aromatic N) is 4. The van der Waals surface area contributed by atoms with Gasteiger partial charge in [0.1, 0.15) is 5.75 Å². The van der Waals surface area contributed by atoms with Gasteiger partial charge in [0, 0.05) is 11.4 Å². The van der Waals surface area contributed by atoms with Crippen LogP contribution < -0.4 is 4.74 Å². The van der Waals surface area contributed by atoms with Crippen LogP contribution in [0.2, 0.25) is 0 Å². The standard InChI is InChI=1S/C17H17BrN4O2S/c1-10-12(11(2)22-16(19-10)20-17(21-22)25-3)8-9-15(23)24-14-7-5-4-6-13(14)18/h4-7H,8-9H2,1-3H3. The summed E-state index contributed by atoms with van der Waals surface area (Å²) in [6, 6.07) is 7.29. The second-order valence-corrected chi connectivity index (χ2v) is 7.10. The number of para-hydroxylation sites is 1.